The Morgan fingerprint density at radius 2 is 0.698 bits per heavy atom. The highest BCUT2D eigenvalue weighted by Crippen LogP contribution is 2.70. The molecule has 254 valence electrons. The Hall–Kier alpha value is -6.61. The lowest BCUT2D eigenvalue weighted by Gasteiger charge is -2.33. The summed E-state index contributed by atoms with van der Waals surface area (Å²) in [5.74, 6) is 0. The van der Waals surface area contributed by atoms with Crippen LogP contribution in [0.4, 0.5) is 39.8 Å². The summed E-state index contributed by atoms with van der Waals surface area (Å²) in [6.45, 7) is 0. The molecule has 0 bridgehead atoms. The zero-order valence-electron chi connectivity index (χ0n) is 29.0. The van der Waals surface area contributed by atoms with Gasteiger partial charge in [-0.1, -0.05) is 140 Å². The van der Waals surface area contributed by atoms with Crippen LogP contribution in [-0.2, 0) is 4.57 Å². The number of nitrogens with zero attached hydrogens (tertiary/aromatic N) is 3. The number of hydrogen-bond acceptors (Lipinski definition) is 2. The van der Waals surface area contributed by atoms with E-state index >= 15 is 4.57 Å². The Morgan fingerprint density at radius 3 is 1.15 bits per heavy atom. The molecule has 0 aromatic heterocycles. The van der Waals surface area contributed by atoms with Crippen LogP contribution in [0.5, 0.6) is 0 Å². The summed E-state index contributed by atoms with van der Waals surface area (Å²) in [6, 6.07) is 74.9. The number of benzene rings is 8. The molecule has 0 radical (unpaired) electrons. The Morgan fingerprint density at radius 1 is 0.340 bits per heavy atom. The summed E-state index contributed by atoms with van der Waals surface area (Å²) in [5.41, 5.74) is 11.1. The zero-order valence-corrected chi connectivity index (χ0v) is 29.9. The molecule has 0 N–H and O–H groups in total. The summed E-state index contributed by atoms with van der Waals surface area (Å²) >= 11 is 0. The molecular formula is C48H36N3OP. The number of anilines is 7. The normalized spacial score (nSPS) is 14.9. The van der Waals surface area contributed by atoms with Gasteiger partial charge in [-0.05, 0) is 101 Å². The molecule has 1 aliphatic rings. The van der Waals surface area contributed by atoms with Gasteiger partial charge in [0.15, 0.2) is 0 Å². The van der Waals surface area contributed by atoms with Crippen molar-refractivity contribution in [1.29, 1.82) is 0 Å². The Labute approximate surface area is 311 Å². The molecule has 0 fully saturated rings. The molecule has 0 amide bonds. The molecule has 8 aromatic rings. The van der Waals surface area contributed by atoms with Crippen LogP contribution in [0.2, 0.25) is 0 Å². The van der Waals surface area contributed by atoms with Crippen LogP contribution in [0.15, 0.2) is 218 Å². The fraction of sp³-hybridized carbons (Fsp3) is 0. The third-order valence-corrected chi connectivity index (χ3v) is 12.7. The average molecular weight is 702 g/mol. The summed E-state index contributed by atoms with van der Waals surface area (Å²) in [6.07, 6.45) is 0. The maximum atomic E-state index is 16.1. The number of hydrogen-bond donors (Lipinski definition) is 0. The van der Waals surface area contributed by atoms with Crippen LogP contribution in [0, 0.1) is 0 Å². The van der Waals surface area contributed by atoms with Gasteiger partial charge in [-0.25, -0.2) is 0 Å². The van der Waals surface area contributed by atoms with Gasteiger partial charge in [-0.3, -0.25) is 13.9 Å². The molecule has 9 rings (SSSR count). The van der Waals surface area contributed by atoms with Gasteiger partial charge in [-0.2, -0.15) is 0 Å². The molecule has 4 nitrogen and oxygen atoms in total. The van der Waals surface area contributed by atoms with E-state index in [-0.39, 0.29) is 0 Å². The predicted molar refractivity (Wildman–Crippen MR) is 223 cm³/mol. The van der Waals surface area contributed by atoms with Crippen LogP contribution in [0.3, 0.4) is 0 Å². The fourth-order valence-electron chi connectivity index (χ4n) is 7.28. The van der Waals surface area contributed by atoms with Crippen LogP contribution >= 0.6 is 7.44 Å². The van der Waals surface area contributed by atoms with Crippen molar-refractivity contribution in [2.75, 3.05) is 14.2 Å². The van der Waals surface area contributed by atoms with Crippen LogP contribution in [0.1, 0.15) is 0 Å². The number of rotatable bonds is 8. The first-order chi connectivity index (χ1) is 26.2. The molecule has 1 heterocycles. The molecular weight excluding hydrogens is 666 g/mol. The van der Waals surface area contributed by atoms with Gasteiger partial charge < -0.3 is 4.90 Å². The van der Waals surface area contributed by atoms with Crippen LogP contribution in [0.25, 0.3) is 22.3 Å². The van der Waals surface area contributed by atoms with E-state index in [2.05, 4.69) is 125 Å². The lowest BCUT2D eigenvalue weighted by Crippen LogP contribution is -2.26. The van der Waals surface area contributed by atoms with Crippen molar-refractivity contribution in [3.8, 4) is 22.3 Å². The van der Waals surface area contributed by atoms with E-state index in [9.17, 15) is 0 Å². The van der Waals surface area contributed by atoms with E-state index < -0.39 is 7.44 Å². The Kier molecular flexibility index (Phi) is 8.44. The van der Waals surface area contributed by atoms with Crippen molar-refractivity contribution in [2.45, 2.75) is 0 Å². The summed E-state index contributed by atoms with van der Waals surface area (Å²) in [4.78, 5) is 2.28. The highest BCUT2D eigenvalue weighted by atomic mass is 31.2. The van der Waals surface area contributed by atoms with E-state index in [0.717, 1.165) is 56.2 Å². The summed E-state index contributed by atoms with van der Waals surface area (Å²) in [7, 11) is -3.50. The lowest BCUT2D eigenvalue weighted by atomic mass is 10.0. The molecule has 0 saturated carbocycles. The number of fused-ring (bicyclic) bond motifs is 1. The second kappa shape index (κ2) is 13.8. The number of para-hydroxylation sites is 2. The first-order valence-electron chi connectivity index (χ1n) is 17.8. The fourth-order valence-corrected chi connectivity index (χ4v) is 10.3. The minimum absolute atomic E-state index is 0.760. The second-order valence-electron chi connectivity index (χ2n) is 13.0. The van der Waals surface area contributed by atoms with Crippen molar-refractivity contribution in [1.82, 2.24) is 0 Å². The molecule has 1 aliphatic heterocycles. The van der Waals surface area contributed by atoms with Crippen molar-refractivity contribution >= 4 is 52.6 Å². The maximum Gasteiger partial charge on any atom is 0.301 e. The first-order valence-corrected chi connectivity index (χ1v) is 19.4. The predicted octanol–water partition coefficient (Wildman–Crippen LogP) is 13.3. The molecule has 1 atom stereocenters. The van der Waals surface area contributed by atoms with Gasteiger partial charge in [0.05, 0.1) is 16.7 Å². The van der Waals surface area contributed by atoms with Gasteiger partial charge >= 0.3 is 7.44 Å². The quantitative estimate of drug-likeness (QED) is 0.147. The van der Waals surface area contributed by atoms with Crippen LogP contribution < -0.4 is 19.5 Å². The molecule has 5 heteroatoms. The molecule has 53 heavy (non-hydrogen) atoms. The maximum absolute atomic E-state index is 16.1. The minimum Gasteiger partial charge on any atom is -0.310 e. The van der Waals surface area contributed by atoms with Crippen molar-refractivity contribution in [2.24, 2.45) is 0 Å². The first kappa shape index (κ1) is 32.3. The topological polar surface area (TPSA) is 26.8 Å². The van der Waals surface area contributed by atoms with Gasteiger partial charge in [0.1, 0.15) is 0 Å². The summed E-state index contributed by atoms with van der Waals surface area (Å²) < 4.78 is 20.2. The highest BCUT2D eigenvalue weighted by molar-refractivity contribution is 7.76. The third kappa shape index (κ3) is 5.90. The molecule has 0 saturated heterocycles. The van der Waals surface area contributed by atoms with E-state index in [1.165, 1.54) is 11.1 Å². The minimum atomic E-state index is -3.50. The highest BCUT2D eigenvalue weighted by Gasteiger charge is 2.49. The molecule has 0 aliphatic carbocycles. The second-order valence-corrected chi connectivity index (χ2v) is 15.4. The van der Waals surface area contributed by atoms with E-state index in [4.69, 9.17) is 0 Å². The largest absolute Gasteiger partial charge is 0.310 e. The van der Waals surface area contributed by atoms with E-state index in [0.29, 0.717) is 0 Å². The lowest BCUT2D eigenvalue weighted by molar-refractivity contribution is 0.582. The molecule has 0 spiro atoms. The molecule has 1 unspecified atom stereocenters. The average Bonchev–Trinajstić information content (AvgIpc) is 3.51. The monoisotopic (exact) mass is 701 g/mol. The standard InChI is InChI=1S/C48H36N3OP/c52-53(46-24-14-5-15-25-46)50(43-20-10-3-11-21-43)47-35-34-45(36-48(47)51(53)44-22-12-4-13-23-44)49(41-30-26-39(27-31-41)37-16-6-1-7-17-37)42-32-28-40(29-33-42)38-18-8-2-9-19-38/h1-36H. The van der Waals surface area contributed by atoms with Gasteiger partial charge in [0, 0.05) is 28.4 Å². The van der Waals surface area contributed by atoms with E-state index in [1.54, 1.807) is 0 Å². The zero-order chi connectivity index (χ0) is 35.6. The summed E-state index contributed by atoms with van der Waals surface area (Å²) in [5, 5.41) is 0.760. The van der Waals surface area contributed by atoms with Crippen LogP contribution in [-0.4, -0.2) is 0 Å². The SMILES string of the molecule is O=P1(c2ccccc2)N(c2ccccc2)c2ccc(N(c3ccc(-c4ccccc4)cc3)c3ccc(-c4ccccc4)cc3)cc2N1c1ccccc1. The molecule has 8 aromatic carbocycles. The van der Waals surface area contributed by atoms with Crippen molar-refractivity contribution < 1.29 is 4.57 Å². The van der Waals surface area contributed by atoms with Gasteiger partial charge in [-0.15, -0.1) is 0 Å². The van der Waals surface area contributed by atoms with Crippen molar-refractivity contribution in [3.63, 3.8) is 0 Å². The smallest absolute Gasteiger partial charge is 0.301 e. The van der Waals surface area contributed by atoms with Crippen molar-refractivity contribution in [3.05, 3.63) is 218 Å². The van der Waals surface area contributed by atoms with Gasteiger partial charge in [0.25, 0.3) is 0 Å². The Balaban J connectivity index is 1.24. The van der Waals surface area contributed by atoms with E-state index in [1.807, 2.05) is 108 Å². The Bertz CT molecular complexity index is 2430. The van der Waals surface area contributed by atoms with Gasteiger partial charge in [0.2, 0.25) is 0 Å². The third-order valence-electron chi connectivity index (χ3n) is 9.78.